The third kappa shape index (κ3) is 3.59. The Bertz CT molecular complexity index is 622. The van der Waals surface area contributed by atoms with E-state index < -0.39 is 0 Å². The maximum absolute atomic E-state index is 11.9. The molecule has 0 aliphatic carbocycles. The van der Waals surface area contributed by atoms with Gasteiger partial charge in [-0.1, -0.05) is 30.4 Å². The lowest BCUT2D eigenvalue weighted by Gasteiger charge is -2.05. The van der Waals surface area contributed by atoms with Gasteiger partial charge in [-0.25, -0.2) is 4.98 Å². The molecule has 0 spiro atoms. The van der Waals surface area contributed by atoms with Gasteiger partial charge in [-0.3, -0.25) is 4.79 Å². The predicted octanol–water partition coefficient (Wildman–Crippen LogP) is 2.02. The SMILES string of the molecule is Cc1ncc(C(=O)NCc2cccc(C(N)=S)c2)s1. The number of nitrogens with zero attached hydrogens (tertiary/aromatic N) is 1. The van der Waals surface area contributed by atoms with Crippen LogP contribution in [0.3, 0.4) is 0 Å². The Hall–Kier alpha value is -1.79. The van der Waals surface area contributed by atoms with Gasteiger partial charge in [0.2, 0.25) is 0 Å². The molecule has 0 aliphatic rings. The van der Waals surface area contributed by atoms with Gasteiger partial charge < -0.3 is 11.1 Å². The Balaban J connectivity index is 2.01. The molecule has 19 heavy (non-hydrogen) atoms. The minimum atomic E-state index is -0.119. The molecule has 1 heterocycles. The fourth-order valence-corrected chi connectivity index (χ4v) is 2.39. The Morgan fingerprint density at radius 2 is 2.32 bits per heavy atom. The van der Waals surface area contributed by atoms with Gasteiger partial charge >= 0.3 is 0 Å². The first-order valence-corrected chi connectivity index (χ1v) is 6.88. The van der Waals surface area contributed by atoms with Crippen LogP contribution in [-0.2, 0) is 6.54 Å². The van der Waals surface area contributed by atoms with E-state index in [1.165, 1.54) is 11.3 Å². The molecule has 0 saturated heterocycles. The van der Waals surface area contributed by atoms with Crippen molar-refractivity contribution < 1.29 is 4.79 Å². The Labute approximate surface area is 120 Å². The van der Waals surface area contributed by atoms with Crippen molar-refractivity contribution in [3.8, 4) is 0 Å². The number of thiocarbonyl (C=S) groups is 1. The summed E-state index contributed by atoms with van der Waals surface area (Å²) in [6.07, 6.45) is 1.58. The number of aromatic nitrogens is 1. The topological polar surface area (TPSA) is 68.0 Å². The molecular weight excluding hydrogens is 278 g/mol. The third-order valence-corrected chi connectivity index (χ3v) is 3.66. The van der Waals surface area contributed by atoms with Crippen molar-refractivity contribution in [3.63, 3.8) is 0 Å². The van der Waals surface area contributed by atoms with E-state index in [2.05, 4.69) is 10.3 Å². The van der Waals surface area contributed by atoms with Crippen LogP contribution in [0.5, 0.6) is 0 Å². The van der Waals surface area contributed by atoms with Crippen LogP contribution in [0.1, 0.15) is 25.8 Å². The minimum absolute atomic E-state index is 0.119. The second kappa shape index (κ2) is 5.90. The number of carbonyl (C=O) groups is 1. The summed E-state index contributed by atoms with van der Waals surface area (Å²) >= 11 is 6.30. The van der Waals surface area contributed by atoms with Crippen LogP contribution in [0.25, 0.3) is 0 Å². The third-order valence-electron chi connectivity index (χ3n) is 2.51. The lowest BCUT2D eigenvalue weighted by atomic mass is 10.1. The zero-order valence-electron chi connectivity index (χ0n) is 10.3. The van der Waals surface area contributed by atoms with Crippen molar-refractivity contribution in [3.05, 3.63) is 51.5 Å². The maximum atomic E-state index is 11.9. The summed E-state index contributed by atoms with van der Waals surface area (Å²) in [5.74, 6) is -0.119. The van der Waals surface area contributed by atoms with Gasteiger partial charge in [0.1, 0.15) is 9.87 Å². The summed E-state index contributed by atoms with van der Waals surface area (Å²) in [4.78, 5) is 16.9. The van der Waals surface area contributed by atoms with Gasteiger partial charge in [0.15, 0.2) is 0 Å². The fraction of sp³-hybridized carbons (Fsp3) is 0.154. The van der Waals surface area contributed by atoms with Crippen molar-refractivity contribution in [1.29, 1.82) is 0 Å². The molecule has 1 aromatic heterocycles. The fourth-order valence-electron chi connectivity index (χ4n) is 1.57. The van der Waals surface area contributed by atoms with E-state index in [0.29, 0.717) is 16.4 Å². The number of hydrogen-bond donors (Lipinski definition) is 2. The second-order valence-corrected chi connectivity index (χ2v) is 5.67. The van der Waals surface area contributed by atoms with Crippen LogP contribution < -0.4 is 11.1 Å². The Morgan fingerprint density at radius 1 is 1.53 bits per heavy atom. The number of rotatable bonds is 4. The summed E-state index contributed by atoms with van der Waals surface area (Å²) in [5.41, 5.74) is 7.33. The molecule has 98 valence electrons. The average Bonchev–Trinajstić information content (AvgIpc) is 2.83. The largest absolute Gasteiger partial charge is 0.389 e. The van der Waals surface area contributed by atoms with E-state index in [9.17, 15) is 4.79 Å². The molecule has 2 rings (SSSR count). The second-order valence-electron chi connectivity index (χ2n) is 3.99. The van der Waals surface area contributed by atoms with E-state index in [4.69, 9.17) is 18.0 Å². The Kier molecular flexibility index (Phi) is 4.24. The molecule has 3 N–H and O–H groups in total. The number of benzene rings is 1. The molecule has 0 atom stereocenters. The van der Waals surface area contributed by atoms with Gasteiger partial charge in [-0.2, -0.15) is 0 Å². The smallest absolute Gasteiger partial charge is 0.263 e. The number of aryl methyl sites for hydroxylation is 1. The molecule has 6 heteroatoms. The van der Waals surface area contributed by atoms with Crippen molar-refractivity contribution in [2.75, 3.05) is 0 Å². The normalized spacial score (nSPS) is 10.2. The molecule has 0 saturated carbocycles. The number of carbonyl (C=O) groups excluding carboxylic acids is 1. The lowest BCUT2D eigenvalue weighted by molar-refractivity contribution is 0.0955. The maximum Gasteiger partial charge on any atom is 0.263 e. The van der Waals surface area contributed by atoms with Crippen LogP contribution in [0.15, 0.2) is 30.5 Å². The van der Waals surface area contributed by atoms with E-state index in [1.54, 1.807) is 6.20 Å². The quantitative estimate of drug-likeness (QED) is 0.846. The average molecular weight is 291 g/mol. The number of nitrogens with two attached hydrogens (primary N) is 1. The predicted molar refractivity (Wildman–Crippen MR) is 80.4 cm³/mol. The zero-order valence-corrected chi connectivity index (χ0v) is 12.0. The highest BCUT2D eigenvalue weighted by Gasteiger charge is 2.08. The molecule has 0 fully saturated rings. The molecule has 0 bridgehead atoms. The summed E-state index contributed by atoms with van der Waals surface area (Å²) in [6.45, 7) is 2.30. The molecule has 4 nitrogen and oxygen atoms in total. The summed E-state index contributed by atoms with van der Waals surface area (Å²) in [7, 11) is 0. The minimum Gasteiger partial charge on any atom is -0.389 e. The summed E-state index contributed by atoms with van der Waals surface area (Å²) in [5, 5.41) is 3.72. The van der Waals surface area contributed by atoms with Crippen molar-refractivity contribution in [2.24, 2.45) is 5.73 Å². The molecule has 1 aromatic carbocycles. The number of amides is 1. The zero-order chi connectivity index (χ0) is 13.8. The monoisotopic (exact) mass is 291 g/mol. The number of hydrogen-bond acceptors (Lipinski definition) is 4. The van der Waals surface area contributed by atoms with Crippen molar-refractivity contribution in [1.82, 2.24) is 10.3 Å². The van der Waals surface area contributed by atoms with Crippen molar-refractivity contribution >= 4 is 34.5 Å². The highest BCUT2D eigenvalue weighted by atomic mass is 32.1. The standard InChI is InChI=1S/C13H13N3OS2/c1-8-15-7-11(19-8)13(17)16-6-9-3-2-4-10(5-9)12(14)18/h2-5,7H,6H2,1H3,(H2,14,18)(H,16,17). The van der Waals surface area contributed by atoms with Gasteiger partial charge in [-0.15, -0.1) is 11.3 Å². The first-order valence-electron chi connectivity index (χ1n) is 5.65. The van der Waals surface area contributed by atoms with E-state index in [-0.39, 0.29) is 5.91 Å². The van der Waals surface area contributed by atoms with Crippen molar-refractivity contribution in [2.45, 2.75) is 13.5 Å². The van der Waals surface area contributed by atoms with Crippen LogP contribution in [-0.4, -0.2) is 15.9 Å². The molecule has 0 radical (unpaired) electrons. The van der Waals surface area contributed by atoms with E-state index in [1.807, 2.05) is 31.2 Å². The highest BCUT2D eigenvalue weighted by molar-refractivity contribution is 7.80. The highest BCUT2D eigenvalue weighted by Crippen LogP contribution is 2.11. The molecule has 1 amide bonds. The summed E-state index contributed by atoms with van der Waals surface area (Å²) in [6, 6.07) is 7.51. The number of thiazole rings is 1. The van der Waals surface area contributed by atoms with Crippen LogP contribution in [0.4, 0.5) is 0 Å². The van der Waals surface area contributed by atoms with Crippen LogP contribution >= 0.6 is 23.6 Å². The lowest BCUT2D eigenvalue weighted by Crippen LogP contribution is -2.22. The van der Waals surface area contributed by atoms with Gasteiger partial charge in [0, 0.05) is 12.1 Å². The molecule has 0 aliphatic heterocycles. The molecule has 0 unspecified atom stereocenters. The Morgan fingerprint density at radius 3 is 2.95 bits per heavy atom. The first kappa shape index (κ1) is 13.6. The van der Waals surface area contributed by atoms with Gasteiger partial charge in [0.25, 0.3) is 5.91 Å². The molecular formula is C13H13N3OS2. The van der Waals surface area contributed by atoms with Crippen LogP contribution in [0, 0.1) is 6.92 Å². The molecule has 2 aromatic rings. The number of nitrogens with one attached hydrogen (secondary N) is 1. The first-order chi connectivity index (χ1) is 9.06. The van der Waals surface area contributed by atoms with Gasteiger partial charge in [0.05, 0.1) is 11.2 Å². The summed E-state index contributed by atoms with van der Waals surface area (Å²) < 4.78 is 0. The van der Waals surface area contributed by atoms with E-state index >= 15 is 0 Å². The van der Waals surface area contributed by atoms with Crippen LogP contribution in [0.2, 0.25) is 0 Å². The van der Waals surface area contributed by atoms with E-state index in [0.717, 1.165) is 16.1 Å². The van der Waals surface area contributed by atoms with Gasteiger partial charge in [-0.05, 0) is 18.6 Å².